The van der Waals surface area contributed by atoms with Crippen LogP contribution in [0.2, 0.25) is 0 Å². The van der Waals surface area contributed by atoms with Gasteiger partial charge in [0.15, 0.2) is 0 Å². The Morgan fingerprint density at radius 3 is 2.70 bits per heavy atom. The topological polar surface area (TPSA) is 83.9 Å². The van der Waals surface area contributed by atoms with Crippen molar-refractivity contribution in [2.45, 2.75) is 38.1 Å². The average molecular weight is 403 g/mol. The minimum atomic E-state index is -0.251. The predicted molar refractivity (Wildman–Crippen MR) is 115 cm³/mol. The van der Waals surface area contributed by atoms with Gasteiger partial charge >= 0.3 is 0 Å². The molecular formula is C23H26N6O. The minimum absolute atomic E-state index is 0.239. The molecule has 2 heterocycles. The third kappa shape index (κ3) is 4.79. The molecule has 0 aliphatic heterocycles. The molecule has 1 N–H and O–H groups in total. The molecule has 0 saturated heterocycles. The zero-order valence-corrected chi connectivity index (χ0v) is 17.5. The van der Waals surface area contributed by atoms with Gasteiger partial charge in [-0.3, -0.25) is 9.78 Å². The van der Waals surface area contributed by atoms with Gasteiger partial charge in [0.1, 0.15) is 17.3 Å². The molecule has 1 saturated carbocycles. The van der Waals surface area contributed by atoms with E-state index in [1.54, 1.807) is 6.20 Å². The average Bonchev–Trinajstić information content (AvgIpc) is 3.59. The van der Waals surface area contributed by atoms with Gasteiger partial charge in [0.2, 0.25) is 0 Å². The second-order valence-electron chi connectivity index (χ2n) is 7.98. The molecule has 0 radical (unpaired) electrons. The van der Waals surface area contributed by atoms with Gasteiger partial charge in [-0.15, -0.1) is 0 Å². The number of nitrogens with one attached hydrogen (secondary N) is 1. The fraction of sp³-hybridized carbons (Fsp3) is 0.348. The van der Waals surface area contributed by atoms with Crippen LogP contribution in [0.5, 0.6) is 0 Å². The maximum atomic E-state index is 12.8. The van der Waals surface area contributed by atoms with Crippen LogP contribution >= 0.6 is 0 Å². The number of aryl methyl sites for hydroxylation is 1. The van der Waals surface area contributed by atoms with E-state index in [-0.39, 0.29) is 11.9 Å². The van der Waals surface area contributed by atoms with E-state index in [1.807, 2.05) is 50.2 Å². The smallest absolute Gasteiger partial charge is 0.271 e. The maximum Gasteiger partial charge on any atom is 0.271 e. The third-order valence-corrected chi connectivity index (χ3v) is 5.14. The Labute approximate surface area is 176 Å². The molecule has 1 atom stereocenters. The van der Waals surface area contributed by atoms with Crippen molar-refractivity contribution < 1.29 is 4.79 Å². The van der Waals surface area contributed by atoms with Crippen molar-refractivity contribution in [2.75, 3.05) is 19.0 Å². The van der Waals surface area contributed by atoms with Crippen molar-refractivity contribution in [3.05, 3.63) is 77.3 Å². The summed E-state index contributed by atoms with van der Waals surface area (Å²) in [6, 6.07) is 9.94. The van der Waals surface area contributed by atoms with Crippen LogP contribution in [0.4, 0.5) is 5.82 Å². The number of nitrogens with zero attached hydrogens (tertiary/aromatic N) is 5. The van der Waals surface area contributed by atoms with Gasteiger partial charge in [0.25, 0.3) is 5.91 Å². The van der Waals surface area contributed by atoms with Crippen molar-refractivity contribution in [3.8, 4) is 0 Å². The Hall–Kier alpha value is -3.35. The SMILES string of the molecule is Cc1cccc([C@H](Cc2cc(N(C)C)nc(C3CC3)n2)NC(=O)c2cnccn2)c1. The van der Waals surface area contributed by atoms with Gasteiger partial charge in [0.05, 0.1) is 12.2 Å². The number of rotatable bonds is 7. The quantitative estimate of drug-likeness (QED) is 0.653. The van der Waals surface area contributed by atoms with Crippen molar-refractivity contribution in [2.24, 2.45) is 0 Å². The second-order valence-corrected chi connectivity index (χ2v) is 7.98. The van der Waals surface area contributed by atoms with Crippen LogP contribution in [0.15, 0.2) is 48.9 Å². The first-order valence-electron chi connectivity index (χ1n) is 10.2. The summed E-state index contributed by atoms with van der Waals surface area (Å²) in [6.45, 7) is 2.05. The largest absolute Gasteiger partial charge is 0.363 e. The highest BCUT2D eigenvalue weighted by Gasteiger charge is 2.28. The van der Waals surface area contributed by atoms with Gasteiger partial charge in [-0.1, -0.05) is 29.8 Å². The summed E-state index contributed by atoms with van der Waals surface area (Å²) in [5.74, 6) is 2.00. The Kier molecular flexibility index (Phi) is 5.70. The number of benzene rings is 1. The molecule has 1 aromatic carbocycles. The summed E-state index contributed by atoms with van der Waals surface area (Å²) in [5, 5.41) is 3.12. The minimum Gasteiger partial charge on any atom is -0.363 e. The van der Waals surface area contributed by atoms with Crippen molar-refractivity contribution in [3.63, 3.8) is 0 Å². The molecule has 1 fully saturated rings. The standard InChI is InChI=1S/C23H26N6O/c1-15-5-4-6-17(11-15)19(27-23(30)20-14-24-9-10-25-20)12-18-13-21(29(2)3)28-22(26-18)16-7-8-16/h4-6,9-11,13-14,16,19H,7-8,12H2,1-3H3,(H,27,30)/t19-/m0/s1. The molecule has 0 bridgehead atoms. The lowest BCUT2D eigenvalue weighted by molar-refractivity contribution is 0.0931. The Morgan fingerprint density at radius 2 is 2.03 bits per heavy atom. The normalized spacial score (nSPS) is 14.2. The van der Waals surface area contributed by atoms with E-state index in [0.29, 0.717) is 18.0 Å². The number of hydrogen-bond donors (Lipinski definition) is 1. The molecule has 1 amide bonds. The molecule has 1 aliphatic rings. The lowest BCUT2D eigenvalue weighted by Gasteiger charge is -2.21. The molecule has 7 nitrogen and oxygen atoms in total. The Bertz CT molecular complexity index is 1010. The number of aromatic nitrogens is 4. The van der Waals surface area contributed by atoms with Gasteiger partial charge < -0.3 is 10.2 Å². The molecule has 1 aliphatic carbocycles. The van der Waals surface area contributed by atoms with E-state index in [2.05, 4.69) is 21.4 Å². The molecule has 7 heteroatoms. The maximum absolute atomic E-state index is 12.8. The first kappa shape index (κ1) is 19.9. The fourth-order valence-corrected chi connectivity index (χ4v) is 3.36. The highest BCUT2D eigenvalue weighted by atomic mass is 16.1. The lowest BCUT2D eigenvalue weighted by atomic mass is 9.99. The molecule has 30 heavy (non-hydrogen) atoms. The van der Waals surface area contributed by atoms with Crippen LogP contribution in [0.25, 0.3) is 0 Å². The summed E-state index contributed by atoms with van der Waals surface area (Å²) in [6.07, 6.45) is 7.40. The molecule has 4 rings (SSSR count). The zero-order valence-electron chi connectivity index (χ0n) is 17.5. The van der Waals surface area contributed by atoms with E-state index in [4.69, 9.17) is 9.97 Å². The van der Waals surface area contributed by atoms with E-state index in [9.17, 15) is 4.79 Å². The Morgan fingerprint density at radius 1 is 1.20 bits per heavy atom. The highest BCUT2D eigenvalue weighted by Crippen LogP contribution is 2.38. The van der Waals surface area contributed by atoms with Crippen molar-refractivity contribution in [1.29, 1.82) is 0 Å². The number of hydrogen-bond acceptors (Lipinski definition) is 6. The number of amides is 1. The van der Waals surface area contributed by atoms with Gasteiger partial charge in [-0.2, -0.15) is 0 Å². The molecule has 2 aromatic heterocycles. The number of carbonyl (C=O) groups excluding carboxylic acids is 1. The summed E-state index contributed by atoms with van der Waals surface area (Å²) in [7, 11) is 3.97. The van der Waals surface area contributed by atoms with E-state index >= 15 is 0 Å². The van der Waals surface area contributed by atoms with Crippen molar-refractivity contribution in [1.82, 2.24) is 25.3 Å². The monoisotopic (exact) mass is 402 g/mol. The van der Waals surface area contributed by atoms with Crippen LogP contribution in [0, 0.1) is 6.92 Å². The first-order chi connectivity index (χ1) is 14.5. The van der Waals surface area contributed by atoms with Crippen LogP contribution in [-0.2, 0) is 6.42 Å². The van der Waals surface area contributed by atoms with Crippen LogP contribution in [0.3, 0.4) is 0 Å². The van der Waals surface area contributed by atoms with Gasteiger partial charge in [-0.25, -0.2) is 15.0 Å². The van der Waals surface area contributed by atoms with E-state index < -0.39 is 0 Å². The van der Waals surface area contributed by atoms with E-state index in [0.717, 1.165) is 41.3 Å². The summed E-state index contributed by atoms with van der Waals surface area (Å²) >= 11 is 0. The van der Waals surface area contributed by atoms with Crippen molar-refractivity contribution >= 4 is 11.7 Å². The van der Waals surface area contributed by atoms with Crippen LogP contribution in [-0.4, -0.2) is 39.9 Å². The van der Waals surface area contributed by atoms with Crippen LogP contribution < -0.4 is 10.2 Å². The molecule has 0 spiro atoms. The highest BCUT2D eigenvalue weighted by molar-refractivity contribution is 5.92. The Balaban J connectivity index is 1.65. The van der Waals surface area contributed by atoms with Crippen LogP contribution in [0.1, 0.15) is 57.9 Å². The molecular weight excluding hydrogens is 376 g/mol. The zero-order chi connectivity index (χ0) is 21.1. The first-order valence-corrected chi connectivity index (χ1v) is 10.2. The third-order valence-electron chi connectivity index (χ3n) is 5.14. The van der Waals surface area contributed by atoms with Gasteiger partial charge in [-0.05, 0) is 25.3 Å². The second kappa shape index (κ2) is 8.57. The summed E-state index contributed by atoms with van der Waals surface area (Å²) < 4.78 is 0. The number of carbonyl (C=O) groups is 1. The van der Waals surface area contributed by atoms with Gasteiger partial charge in [0, 0.05) is 50.6 Å². The summed E-state index contributed by atoms with van der Waals surface area (Å²) in [4.78, 5) is 32.5. The predicted octanol–water partition coefficient (Wildman–Crippen LogP) is 3.23. The summed E-state index contributed by atoms with van der Waals surface area (Å²) in [5.41, 5.74) is 3.39. The molecule has 0 unspecified atom stereocenters. The molecule has 3 aromatic rings. The number of anilines is 1. The van der Waals surface area contributed by atoms with E-state index in [1.165, 1.54) is 12.4 Å². The lowest BCUT2D eigenvalue weighted by Crippen LogP contribution is -2.31. The molecule has 154 valence electrons. The fourth-order valence-electron chi connectivity index (χ4n) is 3.36.